The summed E-state index contributed by atoms with van der Waals surface area (Å²) in [7, 11) is 3.90. The van der Waals surface area contributed by atoms with Crippen LogP contribution < -0.4 is 10.6 Å². The minimum atomic E-state index is -0.271. The third kappa shape index (κ3) is 7.55. The number of amides is 2. The van der Waals surface area contributed by atoms with E-state index in [-0.39, 0.29) is 18.3 Å². The van der Waals surface area contributed by atoms with E-state index in [0.29, 0.717) is 23.5 Å². The van der Waals surface area contributed by atoms with Gasteiger partial charge in [-0.05, 0) is 45.6 Å². The lowest BCUT2D eigenvalue weighted by Crippen LogP contribution is -2.31. The minimum Gasteiger partial charge on any atom is -0.483 e. The lowest BCUT2D eigenvalue weighted by molar-refractivity contribution is -0.122. The molecular weight excluding hydrogens is 368 g/mol. The largest absolute Gasteiger partial charge is 0.483 e. The van der Waals surface area contributed by atoms with Gasteiger partial charge in [-0.2, -0.15) is 0 Å². The number of carbonyl (C=O) groups is 3. The molecule has 3 N–H and O–H groups in total. The number of benzene rings is 1. The molecule has 0 spiro atoms. The Morgan fingerprint density at radius 1 is 1.26 bits per heavy atom. The summed E-state index contributed by atoms with van der Waals surface area (Å²) in [5.74, 6) is -0.426. The van der Waals surface area contributed by atoms with Crippen LogP contribution in [0.1, 0.15) is 31.4 Å². The first kappa shape index (κ1) is 22.3. The smallest absolute Gasteiger partial charge is 0.290 e. The Balaban J connectivity index is 0.00000114. The van der Waals surface area contributed by atoms with Gasteiger partial charge >= 0.3 is 0 Å². The molecule has 1 heterocycles. The number of likely N-dealkylation sites (N-methyl/N-ethyl adjacent to an activating group) is 1. The molecule has 0 radical (unpaired) electrons. The highest BCUT2D eigenvalue weighted by molar-refractivity contribution is 7.09. The highest BCUT2D eigenvalue weighted by Gasteiger charge is 2.13. The van der Waals surface area contributed by atoms with Gasteiger partial charge < -0.3 is 20.6 Å². The minimum absolute atomic E-state index is 0.156. The Labute approximate surface area is 162 Å². The molecule has 1 aromatic carbocycles. The van der Waals surface area contributed by atoms with Gasteiger partial charge in [0.2, 0.25) is 0 Å². The Bertz CT molecular complexity index is 789. The summed E-state index contributed by atoms with van der Waals surface area (Å²) >= 11 is 1.43. The van der Waals surface area contributed by atoms with Crippen LogP contribution >= 0.6 is 11.3 Å². The fourth-order valence-corrected chi connectivity index (χ4v) is 2.64. The number of anilines is 1. The summed E-state index contributed by atoms with van der Waals surface area (Å²) in [6.07, 6.45) is 0. The number of carboxylic acid groups (broad SMARTS) is 1. The van der Waals surface area contributed by atoms with Gasteiger partial charge in [-0.15, -0.1) is 11.3 Å². The SMILES string of the molecule is Cc1nc(C(=O)Nc2cc(C(=O)NCCN(C)C)ccc2C)cs1.O=CO. The zero-order valence-corrected chi connectivity index (χ0v) is 16.6. The quantitative estimate of drug-likeness (QED) is 0.649. The van der Waals surface area contributed by atoms with E-state index in [1.165, 1.54) is 11.3 Å². The van der Waals surface area contributed by atoms with E-state index >= 15 is 0 Å². The number of carbonyl (C=O) groups excluding carboxylic acids is 2. The van der Waals surface area contributed by atoms with E-state index in [2.05, 4.69) is 15.6 Å². The molecule has 0 unspecified atom stereocenters. The van der Waals surface area contributed by atoms with E-state index < -0.39 is 0 Å². The monoisotopic (exact) mass is 392 g/mol. The van der Waals surface area contributed by atoms with Crippen molar-refractivity contribution in [3.8, 4) is 0 Å². The van der Waals surface area contributed by atoms with Crippen molar-refractivity contribution in [1.29, 1.82) is 0 Å². The topological polar surface area (TPSA) is 112 Å². The van der Waals surface area contributed by atoms with Crippen molar-refractivity contribution in [2.24, 2.45) is 0 Å². The van der Waals surface area contributed by atoms with Crippen LogP contribution in [0.3, 0.4) is 0 Å². The van der Waals surface area contributed by atoms with Crippen LogP contribution in [0.15, 0.2) is 23.6 Å². The zero-order valence-electron chi connectivity index (χ0n) is 15.8. The van der Waals surface area contributed by atoms with Crippen LogP contribution in [0.2, 0.25) is 0 Å². The molecule has 0 bridgehead atoms. The van der Waals surface area contributed by atoms with Gasteiger partial charge in [0.15, 0.2) is 0 Å². The summed E-state index contributed by atoms with van der Waals surface area (Å²) in [5.41, 5.74) is 2.41. The molecular formula is C18H24N4O4S. The van der Waals surface area contributed by atoms with Gasteiger partial charge in [0, 0.05) is 29.7 Å². The molecule has 0 saturated heterocycles. The van der Waals surface area contributed by atoms with E-state index in [1.807, 2.05) is 38.9 Å². The molecule has 0 atom stereocenters. The average molecular weight is 392 g/mol. The van der Waals surface area contributed by atoms with Crippen molar-refractivity contribution >= 4 is 35.3 Å². The molecule has 0 aliphatic rings. The second-order valence-corrected chi connectivity index (χ2v) is 6.96. The molecule has 0 aliphatic heterocycles. The molecule has 2 aromatic rings. The van der Waals surface area contributed by atoms with Crippen molar-refractivity contribution in [1.82, 2.24) is 15.2 Å². The predicted molar refractivity (Wildman–Crippen MR) is 106 cm³/mol. The second kappa shape index (κ2) is 11.0. The van der Waals surface area contributed by atoms with E-state index in [1.54, 1.807) is 17.5 Å². The summed E-state index contributed by atoms with van der Waals surface area (Å²) in [6.45, 7) is 4.82. The fourth-order valence-electron chi connectivity index (χ4n) is 2.05. The number of rotatable bonds is 6. The van der Waals surface area contributed by atoms with Crippen LogP contribution in [0, 0.1) is 13.8 Å². The van der Waals surface area contributed by atoms with Gasteiger partial charge in [0.1, 0.15) is 5.69 Å². The van der Waals surface area contributed by atoms with Gasteiger partial charge in [-0.25, -0.2) is 4.98 Å². The molecule has 2 amide bonds. The molecule has 146 valence electrons. The van der Waals surface area contributed by atoms with Gasteiger partial charge in [0.05, 0.1) is 5.01 Å². The van der Waals surface area contributed by atoms with Crippen LogP contribution in [-0.2, 0) is 4.79 Å². The van der Waals surface area contributed by atoms with E-state index in [0.717, 1.165) is 17.1 Å². The molecule has 0 aliphatic carbocycles. The predicted octanol–water partition coefficient (Wildman–Crippen LogP) is 2.00. The Morgan fingerprint density at radius 3 is 2.48 bits per heavy atom. The Hall–Kier alpha value is -2.78. The summed E-state index contributed by atoms with van der Waals surface area (Å²) in [6, 6.07) is 5.27. The number of hydrogen-bond donors (Lipinski definition) is 3. The molecule has 0 saturated carbocycles. The van der Waals surface area contributed by atoms with Crippen molar-refractivity contribution in [2.75, 3.05) is 32.5 Å². The van der Waals surface area contributed by atoms with Crippen molar-refractivity contribution in [3.63, 3.8) is 0 Å². The highest BCUT2D eigenvalue weighted by Crippen LogP contribution is 2.18. The normalized spacial score (nSPS) is 9.96. The molecule has 9 heteroatoms. The molecule has 1 aromatic heterocycles. The number of nitrogens with zero attached hydrogens (tertiary/aromatic N) is 2. The number of aromatic nitrogens is 1. The lowest BCUT2D eigenvalue weighted by Gasteiger charge is -2.12. The van der Waals surface area contributed by atoms with E-state index in [4.69, 9.17) is 9.90 Å². The zero-order chi connectivity index (χ0) is 20.4. The summed E-state index contributed by atoms with van der Waals surface area (Å²) < 4.78 is 0. The molecule has 8 nitrogen and oxygen atoms in total. The van der Waals surface area contributed by atoms with Gasteiger partial charge in [0.25, 0.3) is 18.3 Å². The summed E-state index contributed by atoms with van der Waals surface area (Å²) in [4.78, 5) is 39.0. The van der Waals surface area contributed by atoms with E-state index in [9.17, 15) is 9.59 Å². The molecule has 0 fully saturated rings. The second-order valence-electron chi connectivity index (χ2n) is 5.90. The van der Waals surface area contributed by atoms with Crippen molar-refractivity contribution in [3.05, 3.63) is 45.4 Å². The average Bonchev–Trinajstić information content (AvgIpc) is 3.03. The first-order valence-electron chi connectivity index (χ1n) is 8.13. The van der Waals surface area contributed by atoms with Crippen LogP contribution in [0.5, 0.6) is 0 Å². The van der Waals surface area contributed by atoms with Crippen molar-refractivity contribution < 1.29 is 19.5 Å². The standard InChI is InChI=1S/C17H22N4O2S.CH2O2/c1-11-5-6-13(16(22)18-7-8-21(3)4)9-14(11)20-17(23)15-10-24-12(2)19-15;2-1-3/h5-6,9-10H,7-8H2,1-4H3,(H,18,22)(H,20,23);1H,(H,2,3). The van der Waals surface area contributed by atoms with Crippen molar-refractivity contribution in [2.45, 2.75) is 13.8 Å². The first-order chi connectivity index (χ1) is 12.8. The third-order valence-corrected chi connectivity index (χ3v) is 4.22. The Kier molecular flexibility index (Phi) is 9.11. The van der Waals surface area contributed by atoms with Crippen LogP contribution in [-0.4, -0.2) is 60.5 Å². The lowest BCUT2D eigenvalue weighted by atomic mass is 10.1. The number of aryl methyl sites for hydroxylation is 2. The maximum absolute atomic E-state index is 12.2. The Morgan fingerprint density at radius 2 is 1.93 bits per heavy atom. The molecule has 27 heavy (non-hydrogen) atoms. The first-order valence-corrected chi connectivity index (χ1v) is 9.01. The fraction of sp³-hybridized carbons (Fsp3) is 0.333. The summed E-state index contributed by atoms with van der Waals surface area (Å²) in [5, 5.41) is 15.1. The number of thiazole rings is 1. The number of nitrogens with one attached hydrogen (secondary N) is 2. The maximum atomic E-state index is 12.2. The maximum Gasteiger partial charge on any atom is 0.290 e. The van der Waals surface area contributed by atoms with Crippen LogP contribution in [0.25, 0.3) is 0 Å². The third-order valence-electron chi connectivity index (χ3n) is 3.44. The highest BCUT2D eigenvalue weighted by atomic mass is 32.1. The van der Waals surface area contributed by atoms with Gasteiger partial charge in [-0.1, -0.05) is 6.07 Å². The number of hydrogen-bond acceptors (Lipinski definition) is 6. The molecule has 2 rings (SSSR count). The van der Waals surface area contributed by atoms with Crippen LogP contribution in [0.4, 0.5) is 5.69 Å². The van der Waals surface area contributed by atoms with Gasteiger partial charge in [-0.3, -0.25) is 14.4 Å².